The summed E-state index contributed by atoms with van der Waals surface area (Å²) in [6.07, 6.45) is 0.104. The Morgan fingerprint density at radius 2 is 2.16 bits per heavy atom. The molecule has 0 saturated heterocycles. The number of tetrazole rings is 1. The first-order valence-corrected chi connectivity index (χ1v) is 6.12. The van der Waals surface area contributed by atoms with Crippen LogP contribution in [-0.4, -0.2) is 31.3 Å². The number of benzene rings is 1. The molecule has 6 nitrogen and oxygen atoms in total. The molecule has 0 aliphatic rings. The van der Waals surface area contributed by atoms with E-state index in [1.54, 1.807) is 4.68 Å². The zero-order valence-corrected chi connectivity index (χ0v) is 10.9. The van der Waals surface area contributed by atoms with Crippen molar-refractivity contribution in [3.05, 3.63) is 29.8 Å². The van der Waals surface area contributed by atoms with Crippen LogP contribution in [0.3, 0.4) is 0 Å². The maximum absolute atomic E-state index is 10.7. The molecular weight excluding hydrogens is 244 g/mol. The van der Waals surface area contributed by atoms with Crippen LogP contribution in [0.25, 0.3) is 11.4 Å². The van der Waals surface area contributed by atoms with Crippen molar-refractivity contribution in [2.24, 2.45) is 5.92 Å². The molecule has 19 heavy (non-hydrogen) atoms. The number of hydrogen-bond donors (Lipinski definition) is 1. The average Bonchev–Trinajstić information content (AvgIpc) is 2.76. The predicted molar refractivity (Wildman–Crippen MR) is 69.4 cm³/mol. The monoisotopic (exact) mass is 260 g/mol. The number of aliphatic carboxylic acids is 1. The predicted octanol–water partition coefficient (Wildman–Crippen LogP) is 1.76. The molecule has 0 fully saturated rings. The Balaban J connectivity index is 2.23. The van der Waals surface area contributed by atoms with E-state index < -0.39 is 5.97 Å². The minimum atomic E-state index is -0.807. The molecule has 0 saturated carbocycles. The number of rotatable bonds is 5. The van der Waals surface area contributed by atoms with Crippen molar-refractivity contribution in [1.82, 2.24) is 20.2 Å². The number of nitrogens with zero attached hydrogens (tertiary/aromatic N) is 4. The highest BCUT2D eigenvalue weighted by molar-refractivity contribution is 5.67. The number of hydrogen-bond acceptors (Lipinski definition) is 4. The molecule has 1 atom stereocenters. The van der Waals surface area contributed by atoms with Crippen LogP contribution in [0.15, 0.2) is 24.3 Å². The third kappa shape index (κ3) is 3.15. The van der Waals surface area contributed by atoms with Crippen molar-refractivity contribution in [2.75, 3.05) is 0 Å². The third-order valence-electron chi connectivity index (χ3n) is 2.93. The highest BCUT2D eigenvalue weighted by Gasteiger charge is 2.15. The maximum atomic E-state index is 10.7. The second-order valence-corrected chi connectivity index (χ2v) is 4.70. The molecule has 0 amide bonds. The number of aromatic nitrogens is 4. The summed E-state index contributed by atoms with van der Waals surface area (Å²) in [5.74, 6) is -0.155. The second kappa shape index (κ2) is 5.60. The van der Waals surface area contributed by atoms with E-state index in [0.29, 0.717) is 12.4 Å². The first-order valence-electron chi connectivity index (χ1n) is 6.12. The number of carboxylic acids is 1. The molecule has 0 aliphatic carbocycles. The number of carbonyl (C=O) groups is 1. The smallest absolute Gasteiger partial charge is 0.303 e. The van der Waals surface area contributed by atoms with Gasteiger partial charge < -0.3 is 5.11 Å². The van der Waals surface area contributed by atoms with Crippen LogP contribution in [0.5, 0.6) is 0 Å². The van der Waals surface area contributed by atoms with E-state index in [9.17, 15) is 4.79 Å². The summed E-state index contributed by atoms with van der Waals surface area (Å²) in [4.78, 5) is 10.7. The van der Waals surface area contributed by atoms with Crippen molar-refractivity contribution in [2.45, 2.75) is 26.8 Å². The van der Waals surface area contributed by atoms with E-state index in [1.807, 2.05) is 38.1 Å². The molecule has 0 bridgehead atoms. The average molecular weight is 260 g/mol. The van der Waals surface area contributed by atoms with Crippen molar-refractivity contribution >= 4 is 5.97 Å². The molecule has 1 aromatic heterocycles. The van der Waals surface area contributed by atoms with Gasteiger partial charge >= 0.3 is 5.97 Å². The van der Waals surface area contributed by atoms with Crippen LogP contribution in [-0.2, 0) is 11.3 Å². The summed E-state index contributed by atoms with van der Waals surface area (Å²) in [7, 11) is 0. The zero-order chi connectivity index (χ0) is 13.8. The Morgan fingerprint density at radius 1 is 1.42 bits per heavy atom. The summed E-state index contributed by atoms with van der Waals surface area (Å²) >= 11 is 0. The summed E-state index contributed by atoms with van der Waals surface area (Å²) in [5.41, 5.74) is 2.06. The third-order valence-corrected chi connectivity index (χ3v) is 2.93. The van der Waals surface area contributed by atoms with Crippen molar-refractivity contribution < 1.29 is 9.90 Å². The van der Waals surface area contributed by atoms with Crippen molar-refractivity contribution in [3.8, 4) is 11.4 Å². The summed E-state index contributed by atoms with van der Waals surface area (Å²) in [5, 5.41) is 20.4. The van der Waals surface area contributed by atoms with Gasteiger partial charge in [0.15, 0.2) is 5.82 Å². The normalized spacial score (nSPS) is 12.3. The van der Waals surface area contributed by atoms with E-state index in [-0.39, 0.29) is 12.3 Å². The molecule has 2 aromatic rings. The van der Waals surface area contributed by atoms with Crippen LogP contribution in [0.1, 0.15) is 18.9 Å². The molecule has 0 aliphatic heterocycles. The summed E-state index contributed by atoms with van der Waals surface area (Å²) < 4.78 is 1.66. The van der Waals surface area contributed by atoms with Gasteiger partial charge in [-0.3, -0.25) is 4.79 Å². The molecule has 0 radical (unpaired) electrons. The quantitative estimate of drug-likeness (QED) is 0.885. The Labute approximate surface area is 111 Å². The SMILES string of the molecule is Cc1ccccc1-c1nnnn1CC(C)CC(=O)O. The van der Waals surface area contributed by atoms with Gasteiger partial charge in [-0.05, 0) is 28.8 Å². The van der Waals surface area contributed by atoms with E-state index in [1.165, 1.54) is 0 Å². The van der Waals surface area contributed by atoms with Gasteiger partial charge in [-0.25, -0.2) is 4.68 Å². The first kappa shape index (κ1) is 13.2. The molecule has 1 unspecified atom stereocenters. The number of aryl methyl sites for hydroxylation is 1. The molecule has 0 spiro atoms. The standard InChI is InChI=1S/C13H16N4O2/c1-9(7-12(18)19)8-17-13(14-15-16-17)11-6-4-3-5-10(11)2/h3-6,9H,7-8H2,1-2H3,(H,18,19). The van der Waals surface area contributed by atoms with Gasteiger partial charge in [-0.1, -0.05) is 31.2 Å². The lowest BCUT2D eigenvalue weighted by atomic mass is 10.1. The first-order chi connectivity index (χ1) is 9.08. The van der Waals surface area contributed by atoms with Crippen LogP contribution in [0, 0.1) is 12.8 Å². The van der Waals surface area contributed by atoms with E-state index in [2.05, 4.69) is 15.5 Å². The highest BCUT2D eigenvalue weighted by atomic mass is 16.4. The van der Waals surface area contributed by atoms with Crippen molar-refractivity contribution in [1.29, 1.82) is 0 Å². The Kier molecular flexibility index (Phi) is 3.89. The van der Waals surface area contributed by atoms with Gasteiger partial charge in [0.2, 0.25) is 0 Å². The fourth-order valence-electron chi connectivity index (χ4n) is 2.00. The second-order valence-electron chi connectivity index (χ2n) is 4.70. The summed E-state index contributed by atoms with van der Waals surface area (Å²) in [6.45, 7) is 4.36. The fraction of sp³-hybridized carbons (Fsp3) is 0.385. The molecular formula is C13H16N4O2. The Morgan fingerprint density at radius 3 is 2.84 bits per heavy atom. The van der Waals surface area contributed by atoms with Gasteiger partial charge in [0.1, 0.15) is 0 Å². The molecule has 2 rings (SSSR count). The lowest BCUT2D eigenvalue weighted by Crippen LogP contribution is -2.14. The van der Waals surface area contributed by atoms with Gasteiger partial charge in [-0.15, -0.1) is 5.10 Å². The van der Waals surface area contributed by atoms with Crippen LogP contribution in [0.4, 0.5) is 0 Å². The molecule has 6 heteroatoms. The largest absolute Gasteiger partial charge is 0.481 e. The Bertz CT molecular complexity index is 580. The lowest BCUT2D eigenvalue weighted by molar-refractivity contribution is -0.138. The topological polar surface area (TPSA) is 80.9 Å². The lowest BCUT2D eigenvalue weighted by Gasteiger charge is -2.10. The molecule has 1 heterocycles. The van der Waals surface area contributed by atoms with E-state index in [0.717, 1.165) is 11.1 Å². The van der Waals surface area contributed by atoms with Crippen molar-refractivity contribution in [3.63, 3.8) is 0 Å². The molecule has 1 N–H and O–H groups in total. The highest BCUT2D eigenvalue weighted by Crippen LogP contribution is 2.20. The zero-order valence-electron chi connectivity index (χ0n) is 10.9. The maximum Gasteiger partial charge on any atom is 0.303 e. The van der Waals surface area contributed by atoms with E-state index in [4.69, 9.17) is 5.11 Å². The van der Waals surface area contributed by atoms with Crippen LogP contribution >= 0.6 is 0 Å². The summed E-state index contributed by atoms with van der Waals surface area (Å²) in [6, 6.07) is 7.84. The fourth-order valence-corrected chi connectivity index (χ4v) is 2.00. The van der Waals surface area contributed by atoms with Gasteiger partial charge in [0.05, 0.1) is 0 Å². The van der Waals surface area contributed by atoms with Gasteiger partial charge in [0.25, 0.3) is 0 Å². The Hall–Kier alpha value is -2.24. The minimum Gasteiger partial charge on any atom is -0.481 e. The number of carboxylic acid groups (broad SMARTS) is 1. The van der Waals surface area contributed by atoms with Crippen LogP contribution < -0.4 is 0 Å². The van der Waals surface area contributed by atoms with E-state index >= 15 is 0 Å². The minimum absolute atomic E-state index is 0.0243. The molecule has 1 aromatic carbocycles. The van der Waals surface area contributed by atoms with Gasteiger partial charge in [0, 0.05) is 18.5 Å². The molecule has 100 valence electrons. The van der Waals surface area contributed by atoms with Crippen LogP contribution in [0.2, 0.25) is 0 Å². The van der Waals surface area contributed by atoms with Gasteiger partial charge in [-0.2, -0.15) is 0 Å².